The van der Waals surface area contributed by atoms with E-state index < -0.39 is 6.10 Å². The van der Waals surface area contributed by atoms with Gasteiger partial charge < -0.3 is 20.4 Å². The number of benzene rings is 2. The van der Waals surface area contributed by atoms with Gasteiger partial charge in [-0.1, -0.05) is 18.2 Å². The molecule has 138 valence electrons. The molecule has 0 fully saturated rings. The van der Waals surface area contributed by atoms with Gasteiger partial charge in [0.05, 0.1) is 11.0 Å². The number of para-hydroxylation sites is 1. The fourth-order valence-corrected chi connectivity index (χ4v) is 3.31. The van der Waals surface area contributed by atoms with E-state index in [0.29, 0.717) is 12.2 Å². The Morgan fingerprint density at radius 3 is 2.93 bits per heavy atom. The topological polar surface area (TPSA) is 93.8 Å². The fraction of sp³-hybridized carbons (Fsp3) is 0.238. The molecule has 0 saturated heterocycles. The molecule has 0 radical (unpaired) electrons. The summed E-state index contributed by atoms with van der Waals surface area (Å²) in [6.07, 6.45) is 3.47. The zero-order valence-electron chi connectivity index (χ0n) is 15.1. The highest BCUT2D eigenvalue weighted by Crippen LogP contribution is 2.21. The first kappa shape index (κ1) is 17.3. The second kappa shape index (κ2) is 7.25. The zero-order valence-corrected chi connectivity index (χ0v) is 15.1. The Balaban J connectivity index is 1.35. The lowest BCUT2D eigenvalue weighted by Crippen LogP contribution is -2.11. The molecule has 1 unspecified atom stereocenters. The summed E-state index contributed by atoms with van der Waals surface area (Å²) >= 11 is 0. The van der Waals surface area contributed by atoms with Crippen LogP contribution in [-0.2, 0) is 11.2 Å². The maximum absolute atomic E-state index is 12.3. The third-order valence-electron chi connectivity index (χ3n) is 4.70. The smallest absolute Gasteiger partial charge is 0.224 e. The predicted octanol–water partition coefficient (Wildman–Crippen LogP) is 4.06. The maximum atomic E-state index is 12.3. The predicted molar refractivity (Wildman–Crippen MR) is 107 cm³/mol. The van der Waals surface area contributed by atoms with E-state index in [1.165, 1.54) is 10.9 Å². The average molecular weight is 362 g/mol. The lowest BCUT2D eigenvalue weighted by Gasteiger charge is -2.05. The molecule has 0 saturated carbocycles. The number of amides is 1. The molecule has 0 aliphatic carbocycles. The first-order valence-corrected chi connectivity index (χ1v) is 9.13. The minimum absolute atomic E-state index is 0.00976. The van der Waals surface area contributed by atoms with Gasteiger partial charge in [-0.25, -0.2) is 4.98 Å². The van der Waals surface area contributed by atoms with Gasteiger partial charge >= 0.3 is 0 Å². The van der Waals surface area contributed by atoms with Crippen molar-refractivity contribution in [3.8, 4) is 0 Å². The molecule has 1 amide bonds. The van der Waals surface area contributed by atoms with Crippen LogP contribution in [0.5, 0.6) is 0 Å². The number of aromatic amines is 2. The molecular weight excluding hydrogens is 340 g/mol. The van der Waals surface area contributed by atoms with E-state index >= 15 is 0 Å². The van der Waals surface area contributed by atoms with E-state index in [1.807, 2.05) is 36.5 Å². The number of aromatic nitrogens is 3. The van der Waals surface area contributed by atoms with Gasteiger partial charge in [-0.15, -0.1) is 0 Å². The number of carbonyl (C=O) groups is 1. The molecule has 2 heterocycles. The van der Waals surface area contributed by atoms with Crippen LogP contribution < -0.4 is 5.32 Å². The third-order valence-corrected chi connectivity index (χ3v) is 4.70. The number of carbonyl (C=O) groups excluding carboxylic acids is 1. The van der Waals surface area contributed by atoms with Gasteiger partial charge in [0.1, 0.15) is 11.9 Å². The summed E-state index contributed by atoms with van der Waals surface area (Å²) in [5.41, 5.74) is 4.65. The molecule has 1 atom stereocenters. The minimum atomic E-state index is -0.653. The molecule has 6 nitrogen and oxygen atoms in total. The van der Waals surface area contributed by atoms with Crippen molar-refractivity contribution in [3.05, 3.63) is 60.0 Å². The number of imidazole rings is 1. The van der Waals surface area contributed by atoms with Gasteiger partial charge in [0.15, 0.2) is 0 Å². The Bertz CT molecular complexity index is 1090. The average Bonchev–Trinajstić information content (AvgIpc) is 3.26. The first-order valence-electron chi connectivity index (χ1n) is 9.13. The van der Waals surface area contributed by atoms with Crippen molar-refractivity contribution in [3.63, 3.8) is 0 Å². The maximum Gasteiger partial charge on any atom is 0.224 e. The number of nitrogens with one attached hydrogen (secondary N) is 3. The van der Waals surface area contributed by atoms with Crippen LogP contribution in [0.3, 0.4) is 0 Å². The largest absolute Gasteiger partial charge is 0.385 e. The van der Waals surface area contributed by atoms with E-state index in [9.17, 15) is 9.90 Å². The summed E-state index contributed by atoms with van der Waals surface area (Å²) in [6, 6.07) is 13.7. The SMILES string of the molecule is CC(O)c1nc2ccc(NC(=O)CCCc3c[nH]c4ccccc34)cc2[nH]1. The van der Waals surface area contributed by atoms with E-state index in [-0.39, 0.29) is 5.91 Å². The molecule has 0 aliphatic rings. The van der Waals surface area contributed by atoms with E-state index in [0.717, 1.165) is 35.1 Å². The number of H-pyrrole nitrogens is 2. The summed E-state index contributed by atoms with van der Waals surface area (Å²) in [4.78, 5) is 22.9. The number of anilines is 1. The molecule has 0 aliphatic heterocycles. The van der Waals surface area contributed by atoms with Gasteiger partial charge in [0.2, 0.25) is 5.91 Å². The van der Waals surface area contributed by atoms with Crippen LogP contribution in [0.25, 0.3) is 21.9 Å². The molecule has 0 bridgehead atoms. The molecular formula is C21H22N4O2. The molecule has 27 heavy (non-hydrogen) atoms. The Morgan fingerprint density at radius 1 is 1.22 bits per heavy atom. The molecule has 6 heteroatoms. The van der Waals surface area contributed by atoms with Crippen molar-refractivity contribution in [2.45, 2.75) is 32.3 Å². The van der Waals surface area contributed by atoms with Crippen LogP contribution in [0.4, 0.5) is 5.69 Å². The highest BCUT2D eigenvalue weighted by molar-refractivity contribution is 5.93. The standard InChI is InChI=1S/C21H22N4O2/c1-13(26)21-24-18-10-9-15(11-19(18)25-21)23-20(27)8-4-5-14-12-22-17-7-3-2-6-16(14)17/h2-3,6-7,9-13,22,26H,4-5,8H2,1H3,(H,23,27)(H,24,25). The Kier molecular flexibility index (Phi) is 4.64. The second-order valence-corrected chi connectivity index (χ2v) is 6.79. The van der Waals surface area contributed by atoms with Crippen molar-refractivity contribution in [1.82, 2.24) is 15.0 Å². The number of hydrogen-bond acceptors (Lipinski definition) is 3. The number of rotatable bonds is 6. The molecule has 2 aromatic heterocycles. The van der Waals surface area contributed by atoms with Crippen molar-refractivity contribution in [1.29, 1.82) is 0 Å². The van der Waals surface area contributed by atoms with Gasteiger partial charge in [-0.05, 0) is 49.6 Å². The van der Waals surface area contributed by atoms with E-state index in [2.05, 4.69) is 32.4 Å². The van der Waals surface area contributed by atoms with Crippen LogP contribution in [-0.4, -0.2) is 26.0 Å². The lowest BCUT2D eigenvalue weighted by atomic mass is 10.1. The second-order valence-electron chi connectivity index (χ2n) is 6.79. The zero-order chi connectivity index (χ0) is 18.8. The van der Waals surface area contributed by atoms with Crippen LogP contribution in [0.1, 0.15) is 37.3 Å². The molecule has 4 aromatic rings. The van der Waals surface area contributed by atoms with E-state index in [4.69, 9.17) is 0 Å². The number of hydrogen-bond donors (Lipinski definition) is 4. The summed E-state index contributed by atoms with van der Waals surface area (Å²) in [7, 11) is 0. The summed E-state index contributed by atoms with van der Waals surface area (Å²) in [6.45, 7) is 1.66. The highest BCUT2D eigenvalue weighted by atomic mass is 16.3. The van der Waals surface area contributed by atoms with Crippen LogP contribution in [0.2, 0.25) is 0 Å². The van der Waals surface area contributed by atoms with Crippen LogP contribution in [0, 0.1) is 0 Å². The van der Waals surface area contributed by atoms with Crippen molar-refractivity contribution < 1.29 is 9.90 Å². The van der Waals surface area contributed by atoms with Gasteiger partial charge in [-0.2, -0.15) is 0 Å². The first-order chi connectivity index (χ1) is 13.1. The van der Waals surface area contributed by atoms with Gasteiger partial charge in [-0.3, -0.25) is 4.79 Å². The summed E-state index contributed by atoms with van der Waals surface area (Å²) < 4.78 is 0. The van der Waals surface area contributed by atoms with Crippen molar-refractivity contribution in [2.75, 3.05) is 5.32 Å². The highest BCUT2D eigenvalue weighted by Gasteiger charge is 2.10. The lowest BCUT2D eigenvalue weighted by molar-refractivity contribution is -0.116. The summed E-state index contributed by atoms with van der Waals surface area (Å²) in [5, 5.41) is 13.8. The number of aryl methyl sites for hydroxylation is 1. The minimum Gasteiger partial charge on any atom is -0.385 e. The molecule has 2 aromatic carbocycles. The number of fused-ring (bicyclic) bond motifs is 2. The monoisotopic (exact) mass is 362 g/mol. The fourth-order valence-electron chi connectivity index (χ4n) is 3.31. The van der Waals surface area contributed by atoms with Crippen molar-refractivity contribution in [2.24, 2.45) is 0 Å². The third kappa shape index (κ3) is 3.71. The van der Waals surface area contributed by atoms with E-state index in [1.54, 1.807) is 6.92 Å². The Morgan fingerprint density at radius 2 is 2.07 bits per heavy atom. The van der Waals surface area contributed by atoms with Crippen molar-refractivity contribution >= 4 is 33.5 Å². The normalized spacial score (nSPS) is 12.5. The Labute approximate surface area is 156 Å². The Hall–Kier alpha value is -3.12. The number of nitrogens with zero attached hydrogens (tertiary/aromatic N) is 1. The number of aliphatic hydroxyl groups excluding tert-OH is 1. The molecule has 4 N–H and O–H groups in total. The quantitative estimate of drug-likeness (QED) is 0.417. The molecule has 4 rings (SSSR count). The number of aliphatic hydroxyl groups is 1. The van der Waals surface area contributed by atoms with Crippen LogP contribution in [0.15, 0.2) is 48.7 Å². The van der Waals surface area contributed by atoms with Gasteiger partial charge in [0.25, 0.3) is 0 Å². The van der Waals surface area contributed by atoms with Gasteiger partial charge in [0, 0.05) is 29.2 Å². The van der Waals surface area contributed by atoms with Crippen LogP contribution >= 0.6 is 0 Å². The molecule has 0 spiro atoms. The summed E-state index contributed by atoms with van der Waals surface area (Å²) in [5.74, 6) is 0.511.